The fourth-order valence-corrected chi connectivity index (χ4v) is 1.84. The highest BCUT2D eigenvalue weighted by molar-refractivity contribution is 7.80. The molecule has 0 saturated carbocycles. The molecule has 0 heterocycles. The van der Waals surface area contributed by atoms with Crippen LogP contribution in [0.2, 0.25) is 10.0 Å². The van der Waals surface area contributed by atoms with Gasteiger partial charge in [-0.3, -0.25) is 4.79 Å². The lowest BCUT2D eigenvalue weighted by molar-refractivity contribution is -0.116. The zero-order chi connectivity index (χ0) is 13.7. The van der Waals surface area contributed by atoms with Crippen LogP contribution in [0.3, 0.4) is 0 Å². The van der Waals surface area contributed by atoms with Crippen LogP contribution in [-0.4, -0.2) is 11.0 Å². The lowest BCUT2D eigenvalue weighted by atomic mass is 10.2. The number of hydrogen-bond donors (Lipinski definition) is 3. The molecule has 0 unspecified atom stereocenters. The maximum atomic E-state index is 11.5. The standard InChI is InChI=1S/C11H13Cl2N3OS/c1-2-3-10(17)15-8-4-7(13)9(5-6(8)12)16-11(14)18/h4-5H,2-3H2,1H3,(H,15,17)(H3,14,16,18). The fourth-order valence-electron chi connectivity index (χ4n) is 1.31. The third-order valence-electron chi connectivity index (χ3n) is 2.07. The summed E-state index contributed by atoms with van der Waals surface area (Å²) in [5, 5.41) is 6.22. The Morgan fingerprint density at radius 3 is 2.22 bits per heavy atom. The van der Waals surface area contributed by atoms with Crippen LogP contribution < -0.4 is 16.4 Å². The average Bonchev–Trinajstić information content (AvgIpc) is 2.25. The van der Waals surface area contributed by atoms with Crippen molar-refractivity contribution in [2.75, 3.05) is 10.6 Å². The number of amides is 1. The molecule has 1 aromatic carbocycles. The number of rotatable bonds is 4. The molecule has 0 aromatic heterocycles. The lowest BCUT2D eigenvalue weighted by Crippen LogP contribution is -2.19. The first-order valence-corrected chi connectivity index (χ1v) is 6.45. The van der Waals surface area contributed by atoms with Gasteiger partial charge in [-0.15, -0.1) is 0 Å². The number of nitrogens with two attached hydrogens (primary N) is 1. The van der Waals surface area contributed by atoms with Gasteiger partial charge in [-0.2, -0.15) is 0 Å². The molecule has 18 heavy (non-hydrogen) atoms. The topological polar surface area (TPSA) is 67.2 Å². The molecular weight excluding hydrogens is 293 g/mol. The summed E-state index contributed by atoms with van der Waals surface area (Å²) in [6.07, 6.45) is 1.19. The molecule has 0 atom stereocenters. The zero-order valence-corrected chi connectivity index (χ0v) is 12.0. The summed E-state index contributed by atoms with van der Waals surface area (Å²) in [6, 6.07) is 3.11. The van der Waals surface area contributed by atoms with E-state index in [0.717, 1.165) is 6.42 Å². The van der Waals surface area contributed by atoms with Crippen LogP contribution in [0.5, 0.6) is 0 Å². The maximum absolute atomic E-state index is 11.5. The summed E-state index contributed by atoms with van der Waals surface area (Å²) >= 11 is 16.8. The molecule has 1 amide bonds. The lowest BCUT2D eigenvalue weighted by Gasteiger charge is -2.11. The molecule has 0 fully saturated rings. The van der Waals surface area contributed by atoms with Crippen molar-refractivity contribution in [1.29, 1.82) is 0 Å². The number of carbonyl (C=O) groups is 1. The molecule has 7 heteroatoms. The number of carbonyl (C=O) groups excluding carboxylic acids is 1. The average molecular weight is 306 g/mol. The van der Waals surface area contributed by atoms with Crippen molar-refractivity contribution in [3.05, 3.63) is 22.2 Å². The van der Waals surface area contributed by atoms with Crippen molar-refractivity contribution < 1.29 is 4.79 Å². The van der Waals surface area contributed by atoms with E-state index in [-0.39, 0.29) is 11.0 Å². The number of anilines is 2. The zero-order valence-electron chi connectivity index (χ0n) is 9.72. The van der Waals surface area contributed by atoms with Crippen molar-refractivity contribution >= 4 is 57.8 Å². The van der Waals surface area contributed by atoms with Crippen LogP contribution in [-0.2, 0) is 4.79 Å². The van der Waals surface area contributed by atoms with E-state index in [0.29, 0.717) is 27.8 Å². The Bertz CT molecular complexity index is 480. The van der Waals surface area contributed by atoms with Crippen molar-refractivity contribution in [1.82, 2.24) is 0 Å². The Balaban J connectivity index is 2.92. The van der Waals surface area contributed by atoms with Crippen LogP contribution >= 0.6 is 35.4 Å². The quantitative estimate of drug-likeness (QED) is 0.746. The molecule has 0 aliphatic heterocycles. The molecular formula is C11H13Cl2N3OS. The minimum Gasteiger partial charge on any atom is -0.376 e. The molecule has 0 radical (unpaired) electrons. The number of nitrogens with one attached hydrogen (secondary N) is 2. The number of halogens is 2. The van der Waals surface area contributed by atoms with Gasteiger partial charge in [0, 0.05) is 6.42 Å². The number of hydrogen-bond acceptors (Lipinski definition) is 2. The minimum atomic E-state index is -0.106. The summed E-state index contributed by atoms with van der Waals surface area (Å²) < 4.78 is 0. The molecule has 4 N–H and O–H groups in total. The van der Waals surface area contributed by atoms with Gasteiger partial charge in [-0.25, -0.2) is 0 Å². The Kier molecular flexibility index (Phi) is 5.65. The molecule has 1 rings (SSSR count). The van der Waals surface area contributed by atoms with E-state index in [1.807, 2.05) is 6.92 Å². The number of thiocarbonyl (C=S) groups is 1. The van der Waals surface area contributed by atoms with Crippen molar-refractivity contribution in [2.24, 2.45) is 5.73 Å². The third-order valence-corrected chi connectivity index (χ3v) is 2.79. The van der Waals surface area contributed by atoms with Crippen molar-refractivity contribution in [3.8, 4) is 0 Å². The van der Waals surface area contributed by atoms with Crippen LogP contribution in [0.15, 0.2) is 12.1 Å². The Hall–Kier alpha value is -1.04. The molecule has 4 nitrogen and oxygen atoms in total. The van der Waals surface area contributed by atoms with Gasteiger partial charge in [-0.1, -0.05) is 30.1 Å². The van der Waals surface area contributed by atoms with Crippen LogP contribution in [0, 0.1) is 0 Å². The third kappa shape index (κ3) is 4.33. The fraction of sp³-hybridized carbons (Fsp3) is 0.273. The highest BCUT2D eigenvalue weighted by atomic mass is 35.5. The van der Waals surface area contributed by atoms with Gasteiger partial charge in [0.15, 0.2) is 5.11 Å². The SMILES string of the molecule is CCCC(=O)Nc1cc(Cl)c(NC(N)=S)cc1Cl. The Morgan fingerprint density at radius 1 is 1.28 bits per heavy atom. The van der Waals surface area contributed by atoms with Crippen molar-refractivity contribution in [2.45, 2.75) is 19.8 Å². The van der Waals surface area contributed by atoms with Crippen molar-refractivity contribution in [3.63, 3.8) is 0 Å². The van der Waals surface area contributed by atoms with E-state index in [2.05, 4.69) is 10.6 Å². The largest absolute Gasteiger partial charge is 0.376 e. The van der Waals surface area contributed by atoms with E-state index in [4.69, 9.17) is 41.2 Å². The van der Waals surface area contributed by atoms with Gasteiger partial charge in [0.1, 0.15) is 0 Å². The number of benzene rings is 1. The molecule has 0 spiro atoms. The first-order chi connectivity index (χ1) is 8.43. The smallest absolute Gasteiger partial charge is 0.224 e. The van der Waals surface area contributed by atoms with Crippen LogP contribution in [0.25, 0.3) is 0 Å². The van der Waals surface area contributed by atoms with Gasteiger partial charge in [0.05, 0.1) is 21.4 Å². The molecule has 0 bridgehead atoms. The Morgan fingerprint density at radius 2 is 1.78 bits per heavy atom. The van der Waals surface area contributed by atoms with E-state index < -0.39 is 0 Å². The maximum Gasteiger partial charge on any atom is 0.224 e. The second-order valence-corrected chi connectivity index (χ2v) is 4.85. The summed E-state index contributed by atoms with van der Waals surface area (Å²) in [5.74, 6) is -0.106. The van der Waals surface area contributed by atoms with Gasteiger partial charge < -0.3 is 16.4 Å². The molecule has 1 aromatic rings. The van der Waals surface area contributed by atoms with Gasteiger partial charge >= 0.3 is 0 Å². The summed E-state index contributed by atoms with van der Waals surface area (Å²) in [6.45, 7) is 1.92. The Labute approximate surface area is 121 Å². The first-order valence-electron chi connectivity index (χ1n) is 5.29. The predicted octanol–water partition coefficient (Wildman–Crippen LogP) is 3.39. The summed E-state index contributed by atoms with van der Waals surface area (Å²) in [5.41, 5.74) is 6.32. The highest BCUT2D eigenvalue weighted by Crippen LogP contribution is 2.32. The van der Waals surface area contributed by atoms with E-state index >= 15 is 0 Å². The van der Waals surface area contributed by atoms with E-state index in [9.17, 15) is 4.79 Å². The molecule has 0 aliphatic carbocycles. The van der Waals surface area contributed by atoms with E-state index in [1.54, 1.807) is 12.1 Å². The normalized spacial score (nSPS) is 9.94. The van der Waals surface area contributed by atoms with Crippen LogP contribution in [0.1, 0.15) is 19.8 Å². The summed E-state index contributed by atoms with van der Waals surface area (Å²) in [4.78, 5) is 11.5. The van der Waals surface area contributed by atoms with Gasteiger partial charge in [0.2, 0.25) is 5.91 Å². The second-order valence-electron chi connectivity index (χ2n) is 3.60. The monoisotopic (exact) mass is 305 g/mol. The molecule has 0 aliphatic rings. The minimum absolute atomic E-state index is 0.0933. The summed E-state index contributed by atoms with van der Waals surface area (Å²) in [7, 11) is 0. The highest BCUT2D eigenvalue weighted by Gasteiger charge is 2.10. The van der Waals surface area contributed by atoms with Gasteiger partial charge in [-0.05, 0) is 30.8 Å². The first kappa shape index (κ1) is 15.0. The second kappa shape index (κ2) is 6.78. The molecule has 0 saturated heterocycles. The van der Waals surface area contributed by atoms with Crippen LogP contribution in [0.4, 0.5) is 11.4 Å². The van der Waals surface area contributed by atoms with Gasteiger partial charge in [0.25, 0.3) is 0 Å². The predicted molar refractivity (Wildman–Crippen MR) is 80.4 cm³/mol. The molecule has 98 valence electrons. The van der Waals surface area contributed by atoms with E-state index in [1.165, 1.54) is 0 Å².